The monoisotopic (exact) mass is 266 g/mol. The van der Waals surface area contributed by atoms with Crippen LogP contribution in [-0.2, 0) is 0 Å². The fraction of sp³-hybridized carbons (Fsp3) is 0.0625. The normalized spacial score (nSPS) is 10.7. The molecule has 0 spiro atoms. The molecule has 0 aliphatic carbocycles. The Morgan fingerprint density at radius 1 is 1.15 bits per heavy atom. The zero-order valence-corrected chi connectivity index (χ0v) is 10.8. The second-order valence-electron chi connectivity index (χ2n) is 4.49. The van der Waals surface area contributed by atoms with Gasteiger partial charge in [-0.25, -0.2) is 9.37 Å². The van der Waals surface area contributed by atoms with Gasteiger partial charge in [-0.3, -0.25) is 9.78 Å². The fourth-order valence-corrected chi connectivity index (χ4v) is 2.11. The van der Waals surface area contributed by atoms with Crippen LogP contribution in [0, 0.1) is 5.82 Å². The van der Waals surface area contributed by atoms with Crippen LogP contribution >= 0.6 is 0 Å². The Morgan fingerprint density at radius 2 is 2.00 bits per heavy atom. The average Bonchev–Trinajstić information content (AvgIpc) is 2.46. The Kier molecular flexibility index (Phi) is 2.99. The number of aromatic nitrogens is 2. The van der Waals surface area contributed by atoms with E-state index in [9.17, 15) is 9.18 Å². The van der Waals surface area contributed by atoms with Crippen LogP contribution in [0.4, 0.5) is 4.39 Å². The molecule has 20 heavy (non-hydrogen) atoms. The molecule has 0 bridgehead atoms. The van der Waals surface area contributed by atoms with E-state index in [0.29, 0.717) is 22.5 Å². The topological polar surface area (TPSA) is 42.9 Å². The van der Waals surface area contributed by atoms with Gasteiger partial charge in [0.25, 0.3) is 0 Å². The van der Waals surface area contributed by atoms with Crippen LogP contribution in [0.1, 0.15) is 17.3 Å². The van der Waals surface area contributed by atoms with Crippen molar-refractivity contribution in [1.82, 2.24) is 9.97 Å². The van der Waals surface area contributed by atoms with Crippen molar-refractivity contribution in [3.8, 4) is 11.4 Å². The van der Waals surface area contributed by atoms with E-state index in [0.717, 1.165) is 5.39 Å². The average molecular weight is 266 g/mol. The predicted molar refractivity (Wildman–Crippen MR) is 74.9 cm³/mol. The number of hydrogen-bond acceptors (Lipinski definition) is 3. The van der Waals surface area contributed by atoms with Crippen molar-refractivity contribution in [3.63, 3.8) is 0 Å². The summed E-state index contributed by atoms with van der Waals surface area (Å²) in [5.41, 5.74) is 2.08. The van der Waals surface area contributed by atoms with Gasteiger partial charge < -0.3 is 0 Å². The first-order valence-corrected chi connectivity index (χ1v) is 6.18. The SMILES string of the molecule is CC(=O)c1cc2ccc(F)cc2nc1-c1ccccn1. The lowest BCUT2D eigenvalue weighted by Gasteiger charge is -2.08. The zero-order valence-electron chi connectivity index (χ0n) is 10.8. The first-order chi connectivity index (χ1) is 9.65. The Morgan fingerprint density at radius 3 is 2.70 bits per heavy atom. The quantitative estimate of drug-likeness (QED) is 0.665. The molecule has 0 saturated carbocycles. The van der Waals surface area contributed by atoms with Gasteiger partial charge in [-0.05, 0) is 37.3 Å². The number of carbonyl (C=O) groups is 1. The van der Waals surface area contributed by atoms with Gasteiger partial charge in [0, 0.05) is 23.2 Å². The molecule has 0 aliphatic heterocycles. The van der Waals surface area contributed by atoms with Gasteiger partial charge >= 0.3 is 0 Å². The molecule has 4 heteroatoms. The molecule has 0 atom stereocenters. The van der Waals surface area contributed by atoms with Crippen LogP contribution in [0.5, 0.6) is 0 Å². The molecule has 0 amide bonds. The smallest absolute Gasteiger partial charge is 0.162 e. The lowest BCUT2D eigenvalue weighted by Crippen LogP contribution is -2.01. The van der Waals surface area contributed by atoms with E-state index < -0.39 is 0 Å². The van der Waals surface area contributed by atoms with Gasteiger partial charge in [-0.15, -0.1) is 0 Å². The predicted octanol–water partition coefficient (Wildman–Crippen LogP) is 3.64. The van der Waals surface area contributed by atoms with E-state index in [1.165, 1.54) is 19.1 Å². The molecule has 98 valence electrons. The Labute approximate surface area is 115 Å². The highest BCUT2D eigenvalue weighted by Gasteiger charge is 2.13. The fourth-order valence-electron chi connectivity index (χ4n) is 2.11. The van der Waals surface area contributed by atoms with Crippen molar-refractivity contribution < 1.29 is 9.18 Å². The first kappa shape index (κ1) is 12.4. The second kappa shape index (κ2) is 4.81. The van der Waals surface area contributed by atoms with Crippen molar-refractivity contribution in [2.24, 2.45) is 0 Å². The summed E-state index contributed by atoms with van der Waals surface area (Å²) < 4.78 is 13.3. The van der Waals surface area contributed by atoms with E-state index in [4.69, 9.17) is 0 Å². The maximum Gasteiger partial charge on any atom is 0.162 e. The number of hydrogen-bond donors (Lipinski definition) is 0. The number of ketones is 1. The molecule has 0 saturated heterocycles. The number of fused-ring (bicyclic) bond motifs is 1. The Bertz CT molecular complexity index is 800. The van der Waals surface area contributed by atoms with Gasteiger partial charge in [0.2, 0.25) is 0 Å². The summed E-state index contributed by atoms with van der Waals surface area (Å²) in [7, 11) is 0. The third-order valence-corrected chi connectivity index (χ3v) is 3.07. The first-order valence-electron chi connectivity index (χ1n) is 6.18. The molecule has 0 radical (unpaired) electrons. The van der Waals surface area contributed by atoms with E-state index in [1.807, 2.05) is 6.07 Å². The summed E-state index contributed by atoms with van der Waals surface area (Å²) >= 11 is 0. The van der Waals surface area contributed by atoms with Crippen LogP contribution in [0.3, 0.4) is 0 Å². The third kappa shape index (κ3) is 2.16. The highest BCUT2D eigenvalue weighted by atomic mass is 19.1. The highest BCUT2D eigenvalue weighted by Crippen LogP contribution is 2.25. The number of nitrogens with zero attached hydrogens (tertiary/aromatic N) is 2. The molecule has 1 aromatic carbocycles. The highest BCUT2D eigenvalue weighted by molar-refractivity contribution is 6.02. The number of rotatable bonds is 2. The van der Waals surface area contributed by atoms with Gasteiger partial charge in [-0.2, -0.15) is 0 Å². The van der Waals surface area contributed by atoms with Gasteiger partial charge in [0.15, 0.2) is 5.78 Å². The van der Waals surface area contributed by atoms with Crippen molar-refractivity contribution in [2.45, 2.75) is 6.92 Å². The second-order valence-corrected chi connectivity index (χ2v) is 4.49. The maximum atomic E-state index is 13.3. The Balaban J connectivity index is 2.33. The number of pyridine rings is 2. The van der Waals surface area contributed by atoms with E-state index >= 15 is 0 Å². The summed E-state index contributed by atoms with van der Waals surface area (Å²) in [5, 5.41) is 0.733. The van der Waals surface area contributed by atoms with Gasteiger partial charge in [0.1, 0.15) is 11.5 Å². The molecular formula is C16H11FN2O. The molecule has 3 aromatic rings. The van der Waals surface area contributed by atoms with Crippen LogP contribution in [-0.4, -0.2) is 15.8 Å². The minimum atomic E-state index is -0.354. The minimum Gasteiger partial charge on any atom is -0.294 e. The minimum absolute atomic E-state index is 0.0932. The molecular weight excluding hydrogens is 255 g/mol. The van der Waals surface area contributed by atoms with Crippen molar-refractivity contribution in [2.75, 3.05) is 0 Å². The lowest BCUT2D eigenvalue weighted by molar-refractivity contribution is 0.101. The van der Waals surface area contributed by atoms with Crippen LogP contribution in [0.2, 0.25) is 0 Å². The maximum absolute atomic E-state index is 13.3. The van der Waals surface area contributed by atoms with E-state index in [1.54, 1.807) is 30.5 Å². The number of Topliss-reactive ketones (excluding diaryl/α,β-unsaturated/α-hetero) is 1. The van der Waals surface area contributed by atoms with Crippen molar-refractivity contribution >= 4 is 16.7 Å². The number of halogens is 1. The summed E-state index contributed by atoms with van der Waals surface area (Å²) in [5.74, 6) is -0.447. The van der Waals surface area contributed by atoms with Gasteiger partial charge in [0.05, 0.1) is 11.2 Å². The standard InChI is InChI=1S/C16H11FN2O/c1-10(20)13-8-11-5-6-12(17)9-15(11)19-16(13)14-4-2-3-7-18-14/h2-9H,1H3. The number of carbonyl (C=O) groups excluding carboxylic acids is 1. The summed E-state index contributed by atoms with van der Waals surface area (Å²) in [4.78, 5) is 20.4. The Hall–Kier alpha value is -2.62. The summed E-state index contributed by atoms with van der Waals surface area (Å²) in [6.07, 6.45) is 1.64. The van der Waals surface area contributed by atoms with Gasteiger partial charge in [-0.1, -0.05) is 6.07 Å². The van der Waals surface area contributed by atoms with Crippen molar-refractivity contribution in [3.05, 3.63) is 60.0 Å². The zero-order chi connectivity index (χ0) is 14.1. The molecule has 0 aliphatic rings. The van der Waals surface area contributed by atoms with Crippen LogP contribution < -0.4 is 0 Å². The van der Waals surface area contributed by atoms with Crippen molar-refractivity contribution in [1.29, 1.82) is 0 Å². The van der Waals surface area contributed by atoms with Crippen LogP contribution in [0.25, 0.3) is 22.3 Å². The molecule has 0 fully saturated rings. The summed E-state index contributed by atoms with van der Waals surface area (Å²) in [6, 6.07) is 11.4. The molecule has 2 aromatic heterocycles. The van der Waals surface area contributed by atoms with Crippen LogP contribution in [0.15, 0.2) is 48.7 Å². The third-order valence-electron chi connectivity index (χ3n) is 3.07. The number of benzene rings is 1. The lowest BCUT2D eigenvalue weighted by atomic mass is 10.0. The largest absolute Gasteiger partial charge is 0.294 e. The molecule has 3 rings (SSSR count). The molecule has 0 N–H and O–H groups in total. The van der Waals surface area contributed by atoms with E-state index in [-0.39, 0.29) is 11.6 Å². The summed E-state index contributed by atoms with van der Waals surface area (Å²) in [6.45, 7) is 1.48. The molecule has 2 heterocycles. The van der Waals surface area contributed by atoms with E-state index in [2.05, 4.69) is 9.97 Å². The molecule has 0 unspecified atom stereocenters. The molecule has 3 nitrogen and oxygen atoms in total.